The molecule has 0 aliphatic heterocycles. The highest BCUT2D eigenvalue weighted by molar-refractivity contribution is 9.10. The summed E-state index contributed by atoms with van der Waals surface area (Å²) in [5.74, 6) is -0.463. The zero-order chi connectivity index (χ0) is 12.4. The number of rotatable bonds is 2. The number of carbonyl (C=O) groups is 1. The molecule has 0 aliphatic carbocycles. The number of aromatic amines is 1. The molecule has 2 rings (SSSR count). The molecule has 1 heterocycles. The maximum absolute atomic E-state index is 11.3. The van der Waals surface area contributed by atoms with Crippen LogP contribution in [0.1, 0.15) is 10.5 Å². The Bertz CT molecular complexity index is 568. The average Bonchev–Trinajstić information content (AvgIpc) is 2.80. The van der Waals surface area contributed by atoms with Crippen LogP contribution in [0.15, 0.2) is 28.7 Å². The summed E-state index contributed by atoms with van der Waals surface area (Å²) in [7, 11) is 1.31. The molecule has 0 radical (unpaired) electrons. The lowest BCUT2D eigenvalue weighted by Gasteiger charge is -2.00. The Hall–Kier alpha value is -1.33. The summed E-state index contributed by atoms with van der Waals surface area (Å²) in [6.45, 7) is 0. The van der Waals surface area contributed by atoms with E-state index in [-0.39, 0.29) is 0 Å². The Balaban J connectivity index is 2.43. The molecule has 0 unspecified atom stereocenters. The summed E-state index contributed by atoms with van der Waals surface area (Å²) < 4.78 is 5.48. The van der Waals surface area contributed by atoms with Gasteiger partial charge in [-0.25, -0.2) is 4.79 Å². The number of ether oxygens (including phenoxy) is 1. The predicted octanol–water partition coefficient (Wildman–Crippen LogP) is 3.28. The van der Waals surface area contributed by atoms with Crippen molar-refractivity contribution < 1.29 is 9.53 Å². The number of esters is 1. The fourth-order valence-electron chi connectivity index (χ4n) is 1.37. The Morgan fingerprint density at radius 2 is 2.24 bits per heavy atom. The third-order valence-corrected chi connectivity index (χ3v) is 3.01. The first-order chi connectivity index (χ1) is 8.11. The number of nitrogens with zero attached hydrogens (tertiary/aromatic N) is 1. The summed E-state index contributed by atoms with van der Waals surface area (Å²) in [4.78, 5) is 11.3. The minimum Gasteiger partial charge on any atom is -0.464 e. The van der Waals surface area contributed by atoms with Crippen molar-refractivity contribution in [3.05, 3.63) is 39.5 Å². The zero-order valence-electron chi connectivity index (χ0n) is 8.83. The van der Waals surface area contributed by atoms with Gasteiger partial charge in [0, 0.05) is 10.0 Å². The molecule has 0 saturated carbocycles. The lowest BCUT2D eigenvalue weighted by molar-refractivity contribution is 0.0594. The Labute approximate surface area is 111 Å². The second kappa shape index (κ2) is 4.89. The fourth-order valence-corrected chi connectivity index (χ4v) is 1.94. The second-order valence-electron chi connectivity index (χ2n) is 3.28. The molecule has 1 aromatic carbocycles. The molecule has 0 atom stereocenters. The van der Waals surface area contributed by atoms with Gasteiger partial charge in [-0.05, 0) is 24.3 Å². The van der Waals surface area contributed by atoms with Crippen molar-refractivity contribution in [2.45, 2.75) is 0 Å². The zero-order valence-corrected chi connectivity index (χ0v) is 11.2. The van der Waals surface area contributed by atoms with Gasteiger partial charge < -0.3 is 4.74 Å². The molecule has 2 aromatic rings. The molecule has 6 heteroatoms. The lowest BCUT2D eigenvalue weighted by atomic mass is 10.1. The van der Waals surface area contributed by atoms with Gasteiger partial charge in [0.25, 0.3) is 0 Å². The number of aromatic nitrogens is 2. The molecule has 1 N–H and O–H groups in total. The molecule has 0 saturated heterocycles. The normalized spacial score (nSPS) is 10.3. The van der Waals surface area contributed by atoms with E-state index in [1.165, 1.54) is 7.11 Å². The van der Waals surface area contributed by atoms with E-state index < -0.39 is 5.97 Å². The van der Waals surface area contributed by atoms with Crippen LogP contribution >= 0.6 is 27.5 Å². The number of nitrogens with one attached hydrogen (secondary N) is 1. The maximum Gasteiger partial charge on any atom is 0.356 e. The Kier molecular flexibility index (Phi) is 3.49. The number of benzene rings is 1. The Morgan fingerprint density at radius 3 is 2.94 bits per heavy atom. The number of methoxy groups -OCH3 is 1. The van der Waals surface area contributed by atoms with Crippen LogP contribution < -0.4 is 0 Å². The molecule has 0 amide bonds. The standard InChI is InChI=1S/C11H8BrClN2O2/c1-17-11(16)10-5-9(14-15-10)7-4-6(12)2-3-8(7)13/h2-5H,1H3,(H,14,15). The van der Waals surface area contributed by atoms with Gasteiger partial charge in [0.1, 0.15) is 5.69 Å². The highest BCUT2D eigenvalue weighted by Gasteiger charge is 2.13. The predicted molar refractivity (Wildman–Crippen MR) is 68.1 cm³/mol. The third kappa shape index (κ3) is 2.50. The van der Waals surface area contributed by atoms with Gasteiger partial charge in [0.05, 0.1) is 17.8 Å². The summed E-state index contributed by atoms with van der Waals surface area (Å²) in [6, 6.07) is 7.02. The molecular formula is C11H8BrClN2O2. The first kappa shape index (κ1) is 12.1. The molecule has 88 valence electrons. The molecule has 0 bridgehead atoms. The molecule has 0 aliphatic rings. The van der Waals surface area contributed by atoms with Crippen LogP contribution in [-0.4, -0.2) is 23.3 Å². The highest BCUT2D eigenvalue weighted by atomic mass is 79.9. The van der Waals surface area contributed by atoms with Crippen molar-refractivity contribution in [3.63, 3.8) is 0 Å². The fraction of sp³-hybridized carbons (Fsp3) is 0.0909. The third-order valence-electron chi connectivity index (χ3n) is 2.19. The molecule has 4 nitrogen and oxygen atoms in total. The van der Waals surface area contributed by atoms with Crippen LogP contribution in [0.4, 0.5) is 0 Å². The minimum atomic E-state index is -0.463. The van der Waals surface area contributed by atoms with Crippen LogP contribution in [0.5, 0.6) is 0 Å². The van der Waals surface area contributed by atoms with E-state index in [9.17, 15) is 4.79 Å². The maximum atomic E-state index is 11.3. The molecule has 0 fully saturated rings. The summed E-state index contributed by atoms with van der Waals surface area (Å²) in [6.07, 6.45) is 0. The van der Waals surface area contributed by atoms with Crippen LogP contribution in [0, 0.1) is 0 Å². The van der Waals surface area contributed by atoms with E-state index in [1.807, 2.05) is 12.1 Å². The lowest BCUT2D eigenvalue weighted by Crippen LogP contribution is -2.00. The van der Waals surface area contributed by atoms with Gasteiger partial charge in [0.2, 0.25) is 0 Å². The molecule has 0 spiro atoms. The van der Waals surface area contributed by atoms with E-state index >= 15 is 0 Å². The van der Waals surface area contributed by atoms with E-state index in [0.717, 1.165) is 10.0 Å². The van der Waals surface area contributed by atoms with Gasteiger partial charge >= 0.3 is 5.97 Å². The summed E-state index contributed by atoms with van der Waals surface area (Å²) in [5, 5.41) is 7.20. The van der Waals surface area contributed by atoms with E-state index in [2.05, 4.69) is 30.9 Å². The average molecular weight is 316 g/mol. The molecular weight excluding hydrogens is 307 g/mol. The van der Waals surface area contributed by atoms with Crippen LogP contribution in [0.3, 0.4) is 0 Å². The van der Waals surface area contributed by atoms with Gasteiger partial charge in [0.15, 0.2) is 0 Å². The first-order valence-corrected chi connectivity index (χ1v) is 5.88. The van der Waals surface area contributed by atoms with Crippen LogP contribution in [0.2, 0.25) is 5.02 Å². The summed E-state index contributed by atoms with van der Waals surface area (Å²) >= 11 is 9.42. The second-order valence-corrected chi connectivity index (χ2v) is 4.61. The van der Waals surface area contributed by atoms with E-state index in [0.29, 0.717) is 16.4 Å². The van der Waals surface area contributed by atoms with Gasteiger partial charge in [-0.3, -0.25) is 5.10 Å². The van der Waals surface area contributed by atoms with Crippen molar-refractivity contribution >= 4 is 33.5 Å². The van der Waals surface area contributed by atoms with E-state index in [4.69, 9.17) is 11.6 Å². The minimum absolute atomic E-state index is 0.290. The Morgan fingerprint density at radius 1 is 1.47 bits per heavy atom. The van der Waals surface area contributed by atoms with Crippen LogP contribution in [-0.2, 0) is 4.74 Å². The van der Waals surface area contributed by atoms with E-state index in [1.54, 1.807) is 12.1 Å². The van der Waals surface area contributed by atoms with Gasteiger partial charge in [-0.15, -0.1) is 0 Å². The smallest absolute Gasteiger partial charge is 0.356 e. The van der Waals surface area contributed by atoms with Crippen molar-refractivity contribution in [2.24, 2.45) is 0 Å². The van der Waals surface area contributed by atoms with Crippen molar-refractivity contribution in [1.29, 1.82) is 0 Å². The monoisotopic (exact) mass is 314 g/mol. The first-order valence-electron chi connectivity index (χ1n) is 4.71. The number of carbonyl (C=O) groups excluding carboxylic acids is 1. The SMILES string of the molecule is COC(=O)c1cc(-c2cc(Br)ccc2Cl)n[nH]1. The molecule has 1 aromatic heterocycles. The topological polar surface area (TPSA) is 55.0 Å². The van der Waals surface area contributed by atoms with Crippen molar-refractivity contribution in [3.8, 4) is 11.3 Å². The highest BCUT2D eigenvalue weighted by Crippen LogP contribution is 2.29. The summed E-state index contributed by atoms with van der Waals surface area (Å²) in [5.41, 5.74) is 1.63. The number of halogens is 2. The van der Waals surface area contributed by atoms with Gasteiger partial charge in [-0.1, -0.05) is 27.5 Å². The quantitative estimate of drug-likeness (QED) is 0.865. The number of H-pyrrole nitrogens is 1. The number of hydrogen-bond donors (Lipinski definition) is 1. The van der Waals surface area contributed by atoms with Crippen molar-refractivity contribution in [2.75, 3.05) is 7.11 Å². The van der Waals surface area contributed by atoms with Gasteiger partial charge in [-0.2, -0.15) is 5.10 Å². The number of hydrogen-bond acceptors (Lipinski definition) is 3. The van der Waals surface area contributed by atoms with Crippen molar-refractivity contribution in [1.82, 2.24) is 10.2 Å². The largest absolute Gasteiger partial charge is 0.464 e. The van der Waals surface area contributed by atoms with Crippen LogP contribution in [0.25, 0.3) is 11.3 Å². The molecule has 17 heavy (non-hydrogen) atoms.